The summed E-state index contributed by atoms with van der Waals surface area (Å²) in [5.74, 6) is 1.46. The zero-order valence-corrected chi connectivity index (χ0v) is 14.7. The summed E-state index contributed by atoms with van der Waals surface area (Å²) in [7, 11) is 3.22. The van der Waals surface area contributed by atoms with Gasteiger partial charge in [0, 0.05) is 25.0 Å². The Morgan fingerprint density at radius 3 is 2.48 bits per heavy atom. The summed E-state index contributed by atoms with van der Waals surface area (Å²) in [6, 6.07) is 9.56. The molecular formula is C19H24N2O4. The SMILES string of the molecule is COc1cc(CCNC(=O)OCCCc2cccnc2)cc(OC)c1. The minimum absolute atomic E-state index is 0.383. The summed E-state index contributed by atoms with van der Waals surface area (Å²) < 4.78 is 15.6. The van der Waals surface area contributed by atoms with E-state index in [1.807, 2.05) is 36.5 Å². The number of amides is 1. The Balaban J connectivity index is 1.65. The molecule has 0 saturated carbocycles. The summed E-state index contributed by atoms with van der Waals surface area (Å²) in [6.07, 6.45) is 5.43. The van der Waals surface area contributed by atoms with Gasteiger partial charge in [0.15, 0.2) is 0 Å². The fourth-order valence-electron chi connectivity index (χ4n) is 2.36. The zero-order chi connectivity index (χ0) is 17.9. The number of methoxy groups -OCH3 is 2. The minimum Gasteiger partial charge on any atom is -0.497 e. The quantitative estimate of drug-likeness (QED) is 0.708. The minimum atomic E-state index is -0.402. The van der Waals surface area contributed by atoms with Crippen LogP contribution in [0.5, 0.6) is 11.5 Å². The van der Waals surface area contributed by atoms with Gasteiger partial charge in [-0.25, -0.2) is 4.79 Å². The van der Waals surface area contributed by atoms with Crippen LogP contribution in [0.3, 0.4) is 0 Å². The molecule has 25 heavy (non-hydrogen) atoms. The molecule has 1 amide bonds. The van der Waals surface area contributed by atoms with Gasteiger partial charge in [0.25, 0.3) is 0 Å². The molecule has 0 fully saturated rings. The van der Waals surface area contributed by atoms with Crippen molar-refractivity contribution in [2.45, 2.75) is 19.3 Å². The van der Waals surface area contributed by atoms with Crippen LogP contribution in [-0.4, -0.2) is 38.4 Å². The van der Waals surface area contributed by atoms with Crippen LogP contribution >= 0.6 is 0 Å². The Morgan fingerprint density at radius 2 is 1.84 bits per heavy atom. The molecule has 1 N–H and O–H groups in total. The molecule has 0 aliphatic heterocycles. The number of rotatable bonds is 9. The second kappa shape index (κ2) is 10.2. The summed E-state index contributed by atoms with van der Waals surface area (Å²) in [4.78, 5) is 15.8. The standard InChI is InChI=1S/C19H24N2O4/c1-23-17-11-16(12-18(13-17)24-2)7-9-21-19(22)25-10-4-6-15-5-3-8-20-14-15/h3,5,8,11-14H,4,6-7,9-10H2,1-2H3,(H,21,22). The van der Waals surface area contributed by atoms with Crippen molar-refractivity contribution < 1.29 is 19.0 Å². The predicted octanol–water partition coefficient (Wildman–Crippen LogP) is 3.00. The van der Waals surface area contributed by atoms with Crippen LogP contribution in [0.2, 0.25) is 0 Å². The fraction of sp³-hybridized carbons (Fsp3) is 0.368. The van der Waals surface area contributed by atoms with Crippen molar-refractivity contribution in [1.82, 2.24) is 10.3 Å². The van der Waals surface area contributed by atoms with E-state index in [9.17, 15) is 4.79 Å². The summed E-state index contributed by atoms with van der Waals surface area (Å²) in [6.45, 7) is 0.867. The first kappa shape index (κ1) is 18.6. The van der Waals surface area contributed by atoms with E-state index in [0.29, 0.717) is 19.6 Å². The Hall–Kier alpha value is -2.76. The summed E-state index contributed by atoms with van der Waals surface area (Å²) >= 11 is 0. The number of nitrogens with zero attached hydrogens (tertiary/aromatic N) is 1. The number of aromatic nitrogens is 1. The molecule has 6 heteroatoms. The van der Waals surface area contributed by atoms with Gasteiger partial charge in [-0.05, 0) is 48.6 Å². The van der Waals surface area contributed by atoms with E-state index in [0.717, 1.165) is 35.5 Å². The number of nitrogens with one attached hydrogen (secondary N) is 1. The Labute approximate surface area is 148 Å². The average Bonchev–Trinajstić information content (AvgIpc) is 2.65. The average molecular weight is 344 g/mol. The predicted molar refractivity (Wildman–Crippen MR) is 95.2 cm³/mol. The molecule has 1 aromatic heterocycles. The number of pyridine rings is 1. The molecule has 0 atom stereocenters. The second-order valence-electron chi connectivity index (χ2n) is 5.50. The second-order valence-corrected chi connectivity index (χ2v) is 5.50. The van der Waals surface area contributed by atoms with E-state index >= 15 is 0 Å². The highest BCUT2D eigenvalue weighted by Gasteiger charge is 2.05. The van der Waals surface area contributed by atoms with Gasteiger partial charge in [0.2, 0.25) is 0 Å². The number of carbonyl (C=O) groups is 1. The van der Waals surface area contributed by atoms with Crippen molar-refractivity contribution in [3.05, 3.63) is 53.9 Å². The van der Waals surface area contributed by atoms with E-state index in [1.54, 1.807) is 20.4 Å². The van der Waals surface area contributed by atoms with E-state index in [2.05, 4.69) is 10.3 Å². The highest BCUT2D eigenvalue weighted by molar-refractivity contribution is 5.67. The Kier molecular flexibility index (Phi) is 7.56. The first-order chi connectivity index (χ1) is 12.2. The highest BCUT2D eigenvalue weighted by atomic mass is 16.5. The molecule has 2 rings (SSSR count). The third kappa shape index (κ3) is 6.71. The molecule has 0 radical (unpaired) electrons. The Morgan fingerprint density at radius 1 is 1.08 bits per heavy atom. The molecule has 0 spiro atoms. The first-order valence-electron chi connectivity index (χ1n) is 8.22. The maximum absolute atomic E-state index is 11.7. The molecule has 0 saturated heterocycles. The number of ether oxygens (including phenoxy) is 3. The lowest BCUT2D eigenvalue weighted by molar-refractivity contribution is 0.145. The topological polar surface area (TPSA) is 69.7 Å². The van der Waals surface area contributed by atoms with Gasteiger partial charge in [0.1, 0.15) is 11.5 Å². The molecule has 1 aromatic carbocycles. The van der Waals surface area contributed by atoms with Gasteiger partial charge in [-0.15, -0.1) is 0 Å². The lowest BCUT2D eigenvalue weighted by Crippen LogP contribution is -2.26. The van der Waals surface area contributed by atoms with Crippen molar-refractivity contribution in [3.63, 3.8) is 0 Å². The van der Waals surface area contributed by atoms with Crippen molar-refractivity contribution in [1.29, 1.82) is 0 Å². The molecule has 0 bridgehead atoms. The van der Waals surface area contributed by atoms with Crippen molar-refractivity contribution >= 4 is 6.09 Å². The lowest BCUT2D eigenvalue weighted by atomic mass is 10.1. The van der Waals surface area contributed by atoms with E-state index in [4.69, 9.17) is 14.2 Å². The van der Waals surface area contributed by atoms with E-state index in [1.165, 1.54) is 0 Å². The molecule has 6 nitrogen and oxygen atoms in total. The van der Waals surface area contributed by atoms with Gasteiger partial charge in [-0.2, -0.15) is 0 Å². The molecule has 0 unspecified atom stereocenters. The van der Waals surface area contributed by atoms with Crippen LogP contribution in [0, 0.1) is 0 Å². The molecule has 1 heterocycles. The number of alkyl carbamates (subject to hydrolysis) is 1. The van der Waals surface area contributed by atoms with Crippen molar-refractivity contribution in [3.8, 4) is 11.5 Å². The van der Waals surface area contributed by atoms with Gasteiger partial charge in [-0.1, -0.05) is 6.07 Å². The number of hydrogen-bond acceptors (Lipinski definition) is 5. The van der Waals surface area contributed by atoms with Crippen LogP contribution < -0.4 is 14.8 Å². The third-order valence-electron chi connectivity index (χ3n) is 3.66. The van der Waals surface area contributed by atoms with Crippen LogP contribution in [0.15, 0.2) is 42.7 Å². The summed E-state index contributed by atoms with van der Waals surface area (Å²) in [5.41, 5.74) is 2.16. The van der Waals surface area contributed by atoms with Gasteiger partial charge in [-0.3, -0.25) is 4.98 Å². The maximum atomic E-state index is 11.7. The normalized spacial score (nSPS) is 10.2. The lowest BCUT2D eigenvalue weighted by Gasteiger charge is -2.10. The first-order valence-corrected chi connectivity index (χ1v) is 8.22. The van der Waals surface area contributed by atoms with E-state index in [-0.39, 0.29) is 0 Å². The fourth-order valence-corrected chi connectivity index (χ4v) is 2.36. The molecule has 134 valence electrons. The number of carbonyl (C=O) groups excluding carboxylic acids is 1. The molecular weight excluding hydrogens is 320 g/mol. The molecule has 0 aliphatic carbocycles. The van der Waals surface area contributed by atoms with Crippen molar-refractivity contribution in [2.75, 3.05) is 27.4 Å². The van der Waals surface area contributed by atoms with Crippen molar-refractivity contribution in [2.24, 2.45) is 0 Å². The number of hydrogen-bond donors (Lipinski definition) is 1. The highest BCUT2D eigenvalue weighted by Crippen LogP contribution is 2.22. The van der Waals surface area contributed by atoms with Gasteiger partial charge >= 0.3 is 6.09 Å². The smallest absolute Gasteiger partial charge is 0.407 e. The Bertz CT molecular complexity index is 639. The van der Waals surface area contributed by atoms with Crippen LogP contribution in [0.25, 0.3) is 0 Å². The molecule has 2 aromatic rings. The largest absolute Gasteiger partial charge is 0.497 e. The van der Waals surface area contributed by atoms with Crippen LogP contribution in [0.1, 0.15) is 17.5 Å². The van der Waals surface area contributed by atoms with E-state index < -0.39 is 6.09 Å². The van der Waals surface area contributed by atoms with Crippen LogP contribution in [-0.2, 0) is 17.6 Å². The molecule has 0 aliphatic rings. The summed E-state index contributed by atoms with van der Waals surface area (Å²) in [5, 5.41) is 2.75. The van der Waals surface area contributed by atoms with Gasteiger partial charge in [0.05, 0.1) is 20.8 Å². The van der Waals surface area contributed by atoms with Crippen LogP contribution in [0.4, 0.5) is 4.79 Å². The third-order valence-corrected chi connectivity index (χ3v) is 3.66. The maximum Gasteiger partial charge on any atom is 0.407 e. The number of aryl methyl sites for hydroxylation is 1. The monoisotopic (exact) mass is 344 g/mol. The number of benzene rings is 1. The van der Waals surface area contributed by atoms with Gasteiger partial charge < -0.3 is 19.5 Å². The zero-order valence-electron chi connectivity index (χ0n) is 14.7.